The number of hydrogen-bond donors (Lipinski definition) is 1. The molecule has 0 amide bonds. The molecule has 1 aromatic heterocycles. The van der Waals surface area contributed by atoms with Crippen LogP contribution in [0, 0.1) is 6.92 Å². The van der Waals surface area contributed by atoms with Gasteiger partial charge in [-0.3, -0.25) is 4.98 Å². The average molecular weight is 311 g/mol. The maximum atomic E-state index is 4.30. The minimum absolute atomic E-state index is 0.597. The van der Waals surface area contributed by atoms with Gasteiger partial charge in [0.25, 0.3) is 0 Å². The SMILES string of the molecule is C=C1/C(=C\C=C(/C)c2ccnc(C)c2)CC[C@H](CCNC)N1C. The molecule has 0 spiro atoms. The fraction of sp³-hybridized carbons (Fsp3) is 0.450. The van der Waals surface area contributed by atoms with E-state index in [0.717, 1.165) is 24.4 Å². The van der Waals surface area contributed by atoms with E-state index >= 15 is 0 Å². The van der Waals surface area contributed by atoms with Crippen molar-refractivity contribution in [1.29, 1.82) is 0 Å². The Kier molecular flexibility index (Phi) is 6.17. The highest BCUT2D eigenvalue weighted by atomic mass is 15.1. The van der Waals surface area contributed by atoms with E-state index in [4.69, 9.17) is 0 Å². The number of piperidine rings is 1. The summed E-state index contributed by atoms with van der Waals surface area (Å²) >= 11 is 0. The number of nitrogens with one attached hydrogen (secondary N) is 1. The molecule has 1 aliphatic rings. The smallest absolute Gasteiger partial charge is 0.0378 e. The van der Waals surface area contributed by atoms with Gasteiger partial charge in [-0.1, -0.05) is 18.7 Å². The van der Waals surface area contributed by atoms with E-state index in [2.05, 4.69) is 60.0 Å². The highest BCUT2D eigenvalue weighted by Gasteiger charge is 2.23. The normalized spacial score (nSPS) is 21.1. The van der Waals surface area contributed by atoms with Crippen molar-refractivity contribution in [3.8, 4) is 0 Å². The molecule has 1 fully saturated rings. The first kappa shape index (κ1) is 17.5. The second kappa shape index (κ2) is 8.11. The summed E-state index contributed by atoms with van der Waals surface area (Å²) in [6.45, 7) is 9.53. The molecule has 1 aliphatic heterocycles. The standard InChI is InChI=1S/C20H29N3/c1-15(19-10-13-22-16(2)14-19)6-7-18-8-9-20(11-12-21-4)23(5)17(18)3/h6-7,10,13-14,20-21H,3,8-9,11-12H2,1-2,4-5H3/b15-6+,18-7-/t20-/m1/s1. The topological polar surface area (TPSA) is 28.2 Å². The van der Waals surface area contributed by atoms with E-state index in [0.29, 0.717) is 6.04 Å². The molecular weight excluding hydrogens is 282 g/mol. The van der Waals surface area contributed by atoms with Crippen LogP contribution in [0.2, 0.25) is 0 Å². The number of aryl methyl sites for hydroxylation is 1. The molecule has 1 aromatic rings. The predicted octanol–water partition coefficient (Wildman–Crippen LogP) is 3.94. The van der Waals surface area contributed by atoms with E-state index in [1.807, 2.05) is 20.2 Å². The third kappa shape index (κ3) is 4.55. The molecule has 0 saturated carbocycles. The van der Waals surface area contributed by atoms with Crippen LogP contribution >= 0.6 is 0 Å². The van der Waals surface area contributed by atoms with Crippen molar-refractivity contribution in [2.24, 2.45) is 0 Å². The number of rotatable bonds is 5. The first-order chi connectivity index (χ1) is 11.0. The van der Waals surface area contributed by atoms with Gasteiger partial charge in [-0.05, 0) is 75.5 Å². The Morgan fingerprint density at radius 1 is 1.52 bits per heavy atom. The van der Waals surface area contributed by atoms with Gasteiger partial charge >= 0.3 is 0 Å². The zero-order valence-electron chi connectivity index (χ0n) is 14.9. The number of aromatic nitrogens is 1. The third-order valence-electron chi connectivity index (χ3n) is 4.71. The van der Waals surface area contributed by atoms with Crippen LogP contribution < -0.4 is 5.32 Å². The lowest BCUT2D eigenvalue weighted by Gasteiger charge is -2.37. The van der Waals surface area contributed by atoms with Crippen molar-refractivity contribution < 1.29 is 0 Å². The molecule has 3 heteroatoms. The minimum Gasteiger partial charge on any atom is -0.372 e. The van der Waals surface area contributed by atoms with Crippen LogP contribution in [0.1, 0.15) is 37.4 Å². The third-order valence-corrected chi connectivity index (χ3v) is 4.71. The number of pyridine rings is 1. The molecule has 1 saturated heterocycles. The van der Waals surface area contributed by atoms with Crippen LogP contribution in [0.5, 0.6) is 0 Å². The molecule has 1 atom stereocenters. The summed E-state index contributed by atoms with van der Waals surface area (Å²) in [6.07, 6.45) is 9.79. The molecular formula is C20H29N3. The number of likely N-dealkylation sites (tertiary alicyclic amines) is 1. The van der Waals surface area contributed by atoms with Crippen molar-refractivity contribution in [2.75, 3.05) is 20.6 Å². The monoisotopic (exact) mass is 311 g/mol. The van der Waals surface area contributed by atoms with Crippen LogP contribution in [-0.4, -0.2) is 36.6 Å². The molecule has 2 rings (SSSR count). The average Bonchev–Trinajstić information content (AvgIpc) is 2.55. The van der Waals surface area contributed by atoms with Gasteiger partial charge in [-0.25, -0.2) is 0 Å². The molecule has 23 heavy (non-hydrogen) atoms. The fourth-order valence-corrected chi connectivity index (χ4v) is 3.05. The Hall–Kier alpha value is -1.87. The van der Waals surface area contributed by atoms with Crippen molar-refractivity contribution in [3.63, 3.8) is 0 Å². The van der Waals surface area contributed by atoms with E-state index in [1.165, 1.54) is 29.6 Å². The van der Waals surface area contributed by atoms with E-state index < -0.39 is 0 Å². The largest absolute Gasteiger partial charge is 0.372 e. The number of nitrogens with zero attached hydrogens (tertiary/aromatic N) is 2. The molecule has 3 nitrogen and oxygen atoms in total. The first-order valence-electron chi connectivity index (χ1n) is 8.40. The van der Waals surface area contributed by atoms with E-state index in [1.54, 1.807) is 0 Å². The molecule has 2 heterocycles. The minimum atomic E-state index is 0.597. The van der Waals surface area contributed by atoms with Gasteiger partial charge in [0.1, 0.15) is 0 Å². The Morgan fingerprint density at radius 2 is 2.30 bits per heavy atom. The summed E-state index contributed by atoms with van der Waals surface area (Å²) in [5, 5.41) is 3.24. The van der Waals surface area contributed by atoms with Crippen molar-refractivity contribution in [2.45, 2.75) is 39.2 Å². The lowest BCUT2D eigenvalue weighted by Crippen LogP contribution is -2.37. The first-order valence-corrected chi connectivity index (χ1v) is 8.40. The van der Waals surface area contributed by atoms with Crippen molar-refractivity contribution in [1.82, 2.24) is 15.2 Å². The molecule has 0 radical (unpaired) electrons. The van der Waals surface area contributed by atoms with E-state index in [-0.39, 0.29) is 0 Å². The fourth-order valence-electron chi connectivity index (χ4n) is 3.05. The maximum absolute atomic E-state index is 4.30. The van der Waals surface area contributed by atoms with Crippen LogP contribution in [0.3, 0.4) is 0 Å². The molecule has 1 N–H and O–H groups in total. The summed E-state index contributed by atoms with van der Waals surface area (Å²) in [6, 6.07) is 4.78. The van der Waals surface area contributed by atoms with Gasteiger partial charge in [0, 0.05) is 30.7 Å². The maximum Gasteiger partial charge on any atom is 0.0378 e. The van der Waals surface area contributed by atoms with Crippen LogP contribution in [0.4, 0.5) is 0 Å². The van der Waals surface area contributed by atoms with Crippen molar-refractivity contribution >= 4 is 5.57 Å². The Labute approximate surface area is 140 Å². The lowest BCUT2D eigenvalue weighted by atomic mass is 9.93. The van der Waals surface area contributed by atoms with Crippen LogP contribution in [0.15, 0.2) is 48.3 Å². The van der Waals surface area contributed by atoms with Crippen LogP contribution in [0.25, 0.3) is 5.57 Å². The van der Waals surface area contributed by atoms with Gasteiger partial charge in [-0.2, -0.15) is 0 Å². The highest BCUT2D eigenvalue weighted by molar-refractivity contribution is 5.65. The van der Waals surface area contributed by atoms with Crippen LogP contribution in [-0.2, 0) is 0 Å². The van der Waals surface area contributed by atoms with E-state index in [9.17, 15) is 0 Å². The summed E-state index contributed by atoms with van der Waals surface area (Å²) in [5.41, 5.74) is 6.05. The molecule has 0 unspecified atom stereocenters. The predicted molar refractivity (Wildman–Crippen MR) is 99.2 cm³/mol. The molecule has 124 valence electrons. The van der Waals surface area contributed by atoms with Gasteiger partial charge in [0.15, 0.2) is 0 Å². The summed E-state index contributed by atoms with van der Waals surface area (Å²) in [5.74, 6) is 0. The highest BCUT2D eigenvalue weighted by Crippen LogP contribution is 2.30. The van der Waals surface area contributed by atoms with Gasteiger partial charge < -0.3 is 10.2 Å². The summed E-state index contributed by atoms with van der Waals surface area (Å²) < 4.78 is 0. The number of allylic oxidation sites excluding steroid dienone is 4. The molecule has 0 aliphatic carbocycles. The second-order valence-electron chi connectivity index (χ2n) is 6.37. The Morgan fingerprint density at radius 3 is 3.00 bits per heavy atom. The zero-order valence-corrected chi connectivity index (χ0v) is 14.9. The van der Waals surface area contributed by atoms with Gasteiger partial charge in [0.2, 0.25) is 0 Å². The van der Waals surface area contributed by atoms with Gasteiger partial charge in [-0.15, -0.1) is 0 Å². The summed E-state index contributed by atoms with van der Waals surface area (Å²) in [7, 11) is 4.18. The molecule has 0 aromatic carbocycles. The zero-order chi connectivity index (χ0) is 16.8. The number of likely N-dealkylation sites (N-methyl/N-ethyl adjacent to an activating group) is 1. The van der Waals surface area contributed by atoms with Gasteiger partial charge in [0.05, 0.1) is 0 Å². The van der Waals surface area contributed by atoms with Crippen molar-refractivity contribution in [3.05, 3.63) is 59.6 Å². The Bertz CT molecular complexity index is 613. The number of hydrogen-bond acceptors (Lipinski definition) is 3. The molecule has 0 bridgehead atoms. The second-order valence-corrected chi connectivity index (χ2v) is 6.37. The lowest BCUT2D eigenvalue weighted by molar-refractivity contribution is 0.254. The Balaban J connectivity index is 2.08. The quantitative estimate of drug-likeness (QED) is 0.893. The summed E-state index contributed by atoms with van der Waals surface area (Å²) in [4.78, 5) is 6.60.